The molecule has 57 heavy (non-hydrogen) atoms. The van der Waals surface area contributed by atoms with Crippen LogP contribution in [0.3, 0.4) is 0 Å². The quantitative estimate of drug-likeness (QED) is 0.151. The number of nitrogens with zero attached hydrogens (tertiary/aromatic N) is 2. The number of anilines is 6. The number of hydrogen-bond acceptors (Lipinski definition) is 3. The Bertz CT molecular complexity index is 4030. The van der Waals surface area contributed by atoms with Crippen LogP contribution in [0.4, 0.5) is 34.1 Å². The molecular formula is C54H36N2O. The van der Waals surface area contributed by atoms with E-state index in [1.165, 1.54) is 6.07 Å². The monoisotopic (exact) mass is 748 g/mol. The van der Waals surface area contributed by atoms with Gasteiger partial charge in [0.1, 0.15) is 11.5 Å². The topological polar surface area (TPSA) is 15.7 Å². The fourth-order valence-electron chi connectivity index (χ4n) is 7.59. The van der Waals surface area contributed by atoms with Crippen LogP contribution in [0.2, 0.25) is 0 Å². The average molecular weight is 749 g/mol. The number of para-hydroxylation sites is 4. The van der Waals surface area contributed by atoms with Gasteiger partial charge in [-0.3, -0.25) is 0 Å². The van der Waals surface area contributed by atoms with Gasteiger partial charge in [-0.25, -0.2) is 0 Å². The van der Waals surface area contributed by atoms with E-state index in [0.717, 1.165) is 53.2 Å². The van der Waals surface area contributed by atoms with Crippen molar-refractivity contribution in [1.29, 1.82) is 0 Å². The third-order valence-electron chi connectivity index (χ3n) is 9.97. The Hall–Kier alpha value is -7.62. The van der Waals surface area contributed by atoms with Crippen molar-refractivity contribution in [2.75, 3.05) is 9.80 Å². The number of fused-ring (bicyclic) bond motifs is 6. The number of ether oxygens (including phenoxy) is 1. The molecule has 1 aliphatic heterocycles. The minimum absolute atomic E-state index is 0.0723. The van der Waals surface area contributed by atoms with E-state index in [1.54, 1.807) is 42.5 Å². The van der Waals surface area contributed by atoms with Gasteiger partial charge in [0.2, 0.25) is 0 Å². The summed E-state index contributed by atoms with van der Waals surface area (Å²) in [4.78, 5) is 2.17. The van der Waals surface area contributed by atoms with Gasteiger partial charge in [-0.1, -0.05) is 121 Å². The molecule has 10 aromatic carbocycles. The van der Waals surface area contributed by atoms with E-state index in [9.17, 15) is 0 Å². The molecule has 1 aliphatic rings. The minimum atomic E-state index is -0.696. The van der Waals surface area contributed by atoms with Crippen molar-refractivity contribution in [3.8, 4) is 33.8 Å². The van der Waals surface area contributed by atoms with Gasteiger partial charge in [-0.15, -0.1) is 0 Å². The molecule has 0 spiro atoms. The predicted octanol–water partition coefficient (Wildman–Crippen LogP) is 15.5. The van der Waals surface area contributed by atoms with E-state index in [0.29, 0.717) is 16.9 Å². The minimum Gasteiger partial charge on any atom is -0.456 e. The van der Waals surface area contributed by atoms with Crippen LogP contribution in [0.15, 0.2) is 218 Å². The highest BCUT2D eigenvalue weighted by Crippen LogP contribution is 2.52. The fraction of sp³-hybridized carbons (Fsp3) is 0. The Kier molecular flexibility index (Phi) is 4.37. The van der Waals surface area contributed by atoms with Gasteiger partial charge >= 0.3 is 0 Å². The first kappa shape index (κ1) is 18.3. The van der Waals surface area contributed by atoms with Gasteiger partial charge in [-0.2, -0.15) is 0 Å². The predicted molar refractivity (Wildman–Crippen MR) is 239 cm³/mol. The summed E-state index contributed by atoms with van der Waals surface area (Å²) in [7, 11) is 0. The molecule has 0 radical (unpaired) electrons. The van der Waals surface area contributed by atoms with E-state index in [2.05, 4.69) is 0 Å². The SMILES string of the molecule is [2H]c1c([2H])c([2H])c(N(c2ccc(-c3cc4c5cccc6c5c(cc4c4ccccc34)-c3ccc(N(c4c([2H])c([2H])c([2H])c([2H])c4[2H])c4c([2H])c([2H])c([2H])c([2H])c4[2H])cc3O6)cc2)c2c([2H])c([2H])c([2H])c([2H])c2[2H])c([2H])c1[2H]. The molecule has 0 bridgehead atoms. The first-order valence-electron chi connectivity index (χ1n) is 27.8. The smallest absolute Gasteiger partial charge is 0.137 e. The lowest BCUT2D eigenvalue weighted by Gasteiger charge is -2.28. The number of benzene rings is 10. The van der Waals surface area contributed by atoms with E-state index in [1.807, 2.05) is 48.5 Å². The summed E-state index contributed by atoms with van der Waals surface area (Å²) in [6.07, 6.45) is 0. The molecule has 268 valence electrons. The van der Waals surface area contributed by atoms with Crippen molar-refractivity contribution in [3.05, 3.63) is 218 Å². The summed E-state index contributed by atoms with van der Waals surface area (Å²) >= 11 is 0. The van der Waals surface area contributed by atoms with Gasteiger partial charge in [0.25, 0.3) is 0 Å². The Morgan fingerprint density at radius 1 is 0.333 bits per heavy atom. The van der Waals surface area contributed by atoms with E-state index >= 15 is 0 Å². The van der Waals surface area contributed by atoms with Crippen LogP contribution in [-0.4, -0.2) is 0 Å². The lowest BCUT2D eigenvalue weighted by atomic mass is 9.86. The van der Waals surface area contributed by atoms with Crippen molar-refractivity contribution >= 4 is 66.4 Å². The zero-order valence-electron chi connectivity index (χ0n) is 49.5. The molecule has 0 amide bonds. The first-order chi connectivity index (χ1) is 36.6. The standard InChI is InChI=1S/C54H36N2O/c1-5-16-38(17-6-1)55(39-18-7-2-8-19-39)42-30-28-37(29-31-42)48-35-50-47-26-15-27-52-54(47)51(36-49(50)45-25-14-13-24-44(45)48)46-33-32-43(34-53(46)57-52)56(40-20-9-3-10-21-40)41-22-11-4-12-23-41/h1-36H/i1D,2D,3D,4D,5D,6D,7D,8D,9D,10D,11D,12D,16D,17D,18D,19D,20D,21D,22D,23D. The van der Waals surface area contributed by atoms with Gasteiger partial charge in [0.15, 0.2) is 0 Å². The van der Waals surface area contributed by atoms with Crippen molar-refractivity contribution in [3.63, 3.8) is 0 Å². The van der Waals surface area contributed by atoms with Crippen LogP contribution in [0, 0.1) is 0 Å². The van der Waals surface area contributed by atoms with Crippen LogP contribution in [0.5, 0.6) is 11.5 Å². The largest absolute Gasteiger partial charge is 0.456 e. The molecule has 0 atom stereocenters. The maximum absolute atomic E-state index is 8.93. The maximum Gasteiger partial charge on any atom is 0.137 e. The second-order valence-corrected chi connectivity index (χ2v) is 13.1. The lowest BCUT2D eigenvalue weighted by molar-refractivity contribution is 0.487. The highest BCUT2D eigenvalue weighted by atomic mass is 16.5. The average Bonchev–Trinajstić information content (AvgIpc) is 3.45. The molecule has 0 aromatic heterocycles. The number of hydrogen-bond donors (Lipinski definition) is 0. The normalized spacial score (nSPS) is 16.6. The summed E-state index contributed by atoms with van der Waals surface area (Å²) in [6, 6.07) is 15.2. The Morgan fingerprint density at radius 3 is 1.42 bits per heavy atom. The first-order valence-corrected chi connectivity index (χ1v) is 17.8. The van der Waals surface area contributed by atoms with Gasteiger partial charge in [0.05, 0.1) is 27.4 Å². The zero-order valence-corrected chi connectivity index (χ0v) is 29.5. The second-order valence-electron chi connectivity index (χ2n) is 13.1. The van der Waals surface area contributed by atoms with Crippen LogP contribution in [-0.2, 0) is 0 Å². The molecule has 3 heteroatoms. The van der Waals surface area contributed by atoms with E-state index in [4.69, 9.17) is 32.2 Å². The maximum atomic E-state index is 8.93. The molecule has 0 aliphatic carbocycles. The van der Waals surface area contributed by atoms with Gasteiger partial charge in [0, 0.05) is 51.1 Å². The van der Waals surface area contributed by atoms with Crippen LogP contribution >= 0.6 is 0 Å². The molecule has 0 saturated heterocycles. The third kappa shape index (κ3) is 5.60. The Balaban J connectivity index is 1.09. The van der Waals surface area contributed by atoms with Crippen molar-refractivity contribution in [2.45, 2.75) is 0 Å². The van der Waals surface area contributed by atoms with Crippen LogP contribution < -0.4 is 14.5 Å². The zero-order chi connectivity index (χ0) is 55.1. The molecule has 0 fully saturated rings. The molecule has 10 aromatic rings. The summed E-state index contributed by atoms with van der Waals surface area (Å²) in [6.45, 7) is 0. The molecule has 0 N–H and O–H groups in total. The fourth-order valence-corrected chi connectivity index (χ4v) is 7.59. The Morgan fingerprint density at radius 2 is 0.825 bits per heavy atom. The van der Waals surface area contributed by atoms with Crippen molar-refractivity contribution in [1.82, 2.24) is 0 Å². The molecule has 11 rings (SSSR count). The number of rotatable bonds is 7. The Labute approximate surface area is 360 Å². The van der Waals surface area contributed by atoms with Gasteiger partial charge < -0.3 is 14.5 Å². The van der Waals surface area contributed by atoms with E-state index in [-0.39, 0.29) is 17.1 Å². The summed E-state index contributed by atoms with van der Waals surface area (Å²) in [5, 5.41) is 4.84. The van der Waals surface area contributed by atoms with E-state index < -0.39 is 144 Å². The summed E-state index contributed by atoms with van der Waals surface area (Å²) in [5.41, 5.74) is 1.25. The van der Waals surface area contributed by atoms with Crippen LogP contribution in [0.1, 0.15) is 27.4 Å². The van der Waals surface area contributed by atoms with Gasteiger partial charge in [-0.05, 0) is 134 Å². The molecule has 3 nitrogen and oxygen atoms in total. The highest BCUT2D eigenvalue weighted by molar-refractivity contribution is 6.25. The second kappa shape index (κ2) is 13.6. The molecule has 1 heterocycles. The highest BCUT2D eigenvalue weighted by Gasteiger charge is 2.25. The molecule has 0 saturated carbocycles. The summed E-state index contributed by atoms with van der Waals surface area (Å²) < 4.78 is 179. The molecular weight excluding hydrogens is 693 g/mol. The summed E-state index contributed by atoms with van der Waals surface area (Å²) in [5.74, 6) is 0.689. The lowest BCUT2D eigenvalue weighted by Crippen LogP contribution is -2.10. The van der Waals surface area contributed by atoms with Crippen molar-refractivity contribution in [2.24, 2.45) is 0 Å². The molecule has 0 unspecified atom stereocenters. The third-order valence-corrected chi connectivity index (χ3v) is 9.97. The van der Waals surface area contributed by atoms with Crippen molar-refractivity contribution < 1.29 is 32.2 Å². The van der Waals surface area contributed by atoms with Crippen LogP contribution in [0.25, 0.3) is 54.6 Å².